The predicted molar refractivity (Wildman–Crippen MR) is 54.8 cm³/mol. The maximum absolute atomic E-state index is 10.9. The van der Waals surface area contributed by atoms with Crippen LogP contribution in [0.1, 0.15) is 27.2 Å². The summed E-state index contributed by atoms with van der Waals surface area (Å²) in [4.78, 5) is 10.9. The highest BCUT2D eigenvalue weighted by Crippen LogP contribution is 2.20. The molecule has 0 spiro atoms. The lowest BCUT2D eigenvalue weighted by molar-refractivity contribution is -0.143. The van der Waals surface area contributed by atoms with E-state index in [1.54, 1.807) is 0 Å². The highest BCUT2D eigenvalue weighted by molar-refractivity contribution is 7.61. The van der Waals surface area contributed by atoms with Crippen LogP contribution in [0.15, 0.2) is 4.36 Å². The summed E-state index contributed by atoms with van der Waals surface area (Å²) >= 11 is 0. The van der Waals surface area contributed by atoms with Gasteiger partial charge in [-0.05, 0) is 19.3 Å². The van der Waals surface area contributed by atoms with Gasteiger partial charge in [0.25, 0.3) is 0 Å². The molecule has 2 atom stereocenters. The van der Waals surface area contributed by atoms with E-state index in [0.29, 0.717) is 6.42 Å². The summed E-state index contributed by atoms with van der Waals surface area (Å²) in [5.74, 6) is -1.16. The van der Waals surface area contributed by atoms with Crippen molar-refractivity contribution in [2.75, 3.05) is 0 Å². The van der Waals surface area contributed by atoms with Gasteiger partial charge in [0, 0.05) is 6.04 Å². The molecular formula is C8H16N2O4S. The van der Waals surface area contributed by atoms with Crippen molar-refractivity contribution >= 4 is 16.5 Å². The molecule has 0 aliphatic rings. The predicted octanol–water partition coefficient (Wildman–Crippen LogP) is 0.266. The van der Waals surface area contributed by atoms with Gasteiger partial charge in [-0.3, -0.25) is 0 Å². The first kappa shape index (κ1) is 14.1. The minimum absolute atomic E-state index is 0.175. The van der Waals surface area contributed by atoms with E-state index in [1.165, 1.54) is 6.92 Å². The molecule has 0 amide bonds. The topological polar surface area (TPSA) is 110 Å². The Morgan fingerprint density at radius 2 is 2.00 bits per heavy atom. The van der Waals surface area contributed by atoms with Gasteiger partial charge in [0.1, 0.15) is 0 Å². The number of aliphatic carboxylic acids is 1. The monoisotopic (exact) mass is 236 g/mol. The third kappa shape index (κ3) is 3.96. The van der Waals surface area contributed by atoms with Crippen molar-refractivity contribution in [2.45, 2.75) is 38.8 Å². The second-order valence-corrected chi connectivity index (χ2v) is 4.61. The molecule has 15 heavy (non-hydrogen) atoms. The lowest BCUT2D eigenvalue weighted by Gasteiger charge is -2.26. The number of hydrogen-bond donors (Lipinski definition) is 2. The van der Waals surface area contributed by atoms with Crippen LogP contribution in [0.25, 0.3) is 0 Å². The van der Waals surface area contributed by atoms with Crippen molar-refractivity contribution < 1.29 is 18.3 Å². The second-order valence-electron chi connectivity index (χ2n) is 4.00. The summed E-state index contributed by atoms with van der Waals surface area (Å²) in [5, 5.41) is 8.92. The SMILES string of the molecule is CC(C)CC(N)C(C)(N=S(=O)=O)C(=O)O. The molecule has 88 valence electrons. The van der Waals surface area contributed by atoms with Crippen molar-refractivity contribution in [1.82, 2.24) is 0 Å². The molecule has 0 aromatic carbocycles. The van der Waals surface area contributed by atoms with Gasteiger partial charge in [-0.1, -0.05) is 13.8 Å². The molecule has 0 aliphatic carbocycles. The minimum Gasteiger partial charge on any atom is -0.479 e. The highest BCUT2D eigenvalue weighted by atomic mass is 32.2. The Kier molecular flexibility index (Phi) is 4.89. The van der Waals surface area contributed by atoms with E-state index in [0.717, 1.165) is 0 Å². The molecule has 3 N–H and O–H groups in total. The molecule has 0 rings (SSSR count). The van der Waals surface area contributed by atoms with Crippen LogP contribution in [0.3, 0.4) is 0 Å². The normalized spacial score (nSPS) is 16.9. The zero-order valence-corrected chi connectivity index (χ0v) is 9.78. The van der Waals surface area contributed by atoms with E-state index in [4.69, 9.17) is 10.8 Å². The summed E-state index contributed by atoms with van der Waals surface area (Å²) in [7, 11) is -2.78. The fourth-order valence-electron chi connectivity index (χ4n) is 1.16. The van der Waals surface area contributed by atoms with Crippen LogP contribution in [0.5, 0.6) is 0 Å². The summed E-state index contributed by atoms with van der Waals surface area (Å²) in [6.07, 6.45) is 0.392. The Morgan fingerprint density at radius 3 is 2.27 bits per heavy atom. The molecule has 0 radical (unpaired) electrons. The smallest absolute Gasteiger partial charge is 0.334 e. The van der Waals surface area contributed by atoms with Crippen LogP contribution in [-0.2, 0) is 15.3 Å². The Hall–Kier alpha value is -0.950. The van der Waals surface area contributed by atoms with Gasteiger partial charge >= 0.3 is 16.5 Å². The molecule has 0 aromatic heterocycles. The molecule has 0 saturated heterocycles. The molecule has 0 heterocycles. The van der Waals surface area contributed by atoms with Crippen LogP contribution in [0, 0.1) is 5.92 Å². The summed E-state index contributed by atoms with van der Waals surface area (Å²) in [6, 6.07) is -0.826. The molecule has 2 unspecified atom stereocenters. The Morgan fingerprint density at radius 1 is 1.53 bits per heavy atom. The zero-order valence-electron chi connectivity index (χ0n) is 8.97. The first-order chi connectivity index (χ1) is 6.70. The van der Waals surface area contributed by atoms with Gasteiger partial charge in [-0.25, -0.2) is 4.79 Å². The van der Waals surface area contributed by atoms with Crippen molar-refractivity contribution in [3.8, 4) is 0 Å². The number of carboxylic acid groups (broad SMARTS) is 1. The van der Waals surface area contributed by atoms with E-state index >= 15 is 0 Å². The first-order valence-corrected chi connectivity index (χ1v) is 5.54. The largest absolute Gasteiger partial charge is 0.479 e. The van der Waals surface area contributed by atoms with Crippen LogP contribution < -0.4 is 5.73 Å². The van der Waals surface area contributed by atoms with E-state index in [9.17, 15) is 13.2 Å². The van der Waals surface area contributed by atoms with Crippen molar-refractivity contribution in [1.29, 1.82) is 0 Å². The van der Waals surface area contributed by atoms with Crippen LogP contribution in [-0.4, -0.2) is 31.1 Å². The zero-order chi connectivity index (χ0) is 12.2. The van der Waals surface area contributed by atoms with Gasteiger partial charge in [0.05, 0.1) is 0 Å². The number of nitrogens with two attached hydrogens (primary N) is 1. The molecule has 0 saturated carbocycles. The Balaban J connectivity index is 5.12. The lowest BCUT2D eigenvalue weighted by atomic mass is 9.88. The van der Waals surface area contributed by atoms with Gasteiger partial charge in [-0.15, -0.1) is 0 Å². The molecule has 6 nitrogen and oxygen atoms in total. The molecule has 0 aromatic rings. The van der Waals surface area contributed by atoms with E-state index in [-0.39, 0.29) is 5.92 Å². The van der Waals surface area contributed by atoms with Crippen LogP contribution in [0.4, 0.5) is 0 Å². The Bertz CT molecular complexity index is 355. The summed E-state index contributed by atoms with van der Waals surface area (Å²) in [5.41, 5.74) is 3.87. The number of rotatable bonds is 5. The second kappa shape index (κ2) is 5.22. The molecule has 7 heteroatoms. The van der Waals surface area contributed by atoms with Gasteiger partial charge in [-0.2, -0.15) is 12.8 Å². The van der Waals surface area contributed by atoms with E-state index < -0.39 is 28.1 Å². The standard InChI is InChI=1S/C8H16N2O4S/c1-5(2)4-6(9)8(3,7(11)12)10-15(13)14/h5-6H,4,9H2,1-3H3,(H,11,12). The molecule has 0 aliphatic heterocycles. The fourth-order valence-corrected chi connectivity index (χ4v) is 1.68. The van der Waals surface area contributed by atoms with E-state index in [1.807, 2.05) is 13.8 Å². The third-order valence-corrected chi connectivity index (χ3v) is 2.67. The minimum atomic E-state index is -2.78. The highest BCUT2D eigenvalue weighted by Gasteiger charge is 2.40. The lowest BCUT2D eigenvalue weighted by Crippen LogP contribution is -2.50. The maximum atomic E-state index is 10.9. The number of nitrogens with zero attached hydrogens (tertiary/aromatic N) is 1. The van der Waals surface area contributed by atoms with Crippen molar-refractivity contribution in [3.63, 3.8) is 0 Å². The first-order valence-electron chi connectivity index (χ1n) is 4.51. The number of carbonyl (C=O) groups is 1. The molecule has 0 fully saturated rings. The third-order valence-electron chi connectivity index (χ3n) is 2.14. The summed E-state index contributed by atoms with van der Waals surface area (Å²) < 4.78 is 24.0. The number of carboxylic acids is 1. The fraction of sp³-hybridized carbons (Fsp3) is 0.875. The maximum Gasteiger partial charge on any atom is 0.334 e. The summed E-state index contributed by atoms with van der Waals surface area (Å²) in [6.45, 7) is 4.95. The van der Waals surface area contributed by atoms with Gasteiger partial charge in [0.2, 0.25) is 0 Å². The van der Waals surface area contributed by atoms with Gasteiger partial charge in [0.15, 0.2) is 5.54 Å². The van der Waals surface area contributed by atoms with Crippen molar-refractivity contribution in [2.24, 2.45) is 16.0 Å². The van der Waals surface area contributed by atoms with Gasteiger partial charge < -0.3 is 10.8 Å². The van der Waals surface area contributed by atoms with E-state index in [2.05, 4.69) is 4.36 Å². The quantitative estimate of drug-likeness (QED) is 0.711. The molecular weight excluding hydrogens is 220 g/mol. The average molecular weight is 236 g/mol. The van der Waals surface area contributed by atoms with Crippen LogP contribution in [0.2, 0.25) is 0 Å². The van der Waals surface area contributed by atoms with Crippen molar-refractivity contribution in [3.05, 3.63) is 0 Å². The Labute approximate surface area is 90.2 Å². The molecule has 0 bridgehead atoms. The average Bonchev–Trinajstić information content (AvgIpc) is 2.00. The van der Waals surface area contributed by atoms with Crippen LogP contribution >= 0.6 is 0 Å². The number of hydrogen-bond acceptors (Lipinski definition) is 5.